The molecule has 1 heterocycles. The van der Waals surface area contributed by atoms with E-state index in [9.17, 15) is 9.59 Å². The van der Waals surface area contributed by atoms with Gasteiger partial charge in [-0.1, -0.05) is 37.3 Å². The van der Waals surface area contributed by atoms with Crippen molar-refractivity contribution in [2.45, 2.75) is 32.6 Å². The molecule has 128 valence electrons. The molecule has 2 rings (SSSR count). The minimum atomic E-state index is -1.07. The van der Waals surface area contributed by atoms with Crippen molar-refractivity contribution >= 4 is 11.9 Å². The maximum atomic E-state index is 12.4. The Morgan fingerprint density at radius 1 is 1.17 bits per heavy atom. The number of carbonyl (C=O) groups is 2. The van der Waals surface area contributed by atoms with Crippen LogP contribution in [0.1, 0.15) is 52.0 Å². The van der Waals surface area contributed by atoms with E-state index >= 15 is 0 Å². The first-order valence-electron chi connectivity index (χ1n) is 8.18. The summed E-state index contributed by atoms with van der Waals surface area (Å²) in [5.41, 5.74) is 1.36. The van der Waals surface area contributed by atoms with E-state index in [2.05, 4.69) is 12.1 Å². The van der Waals surface area contributed by atoms with Crippen LogP contribution in [0.5, 0.6) is 0 Å². The number of unbranched alkanes of at least 4 members (excludes halogenated alkanes) is 1. The molecule has 24 heavy (non-hydrogen) atoms. The molecule has 1 amide bonds. The van der Waals surface area contributed by atoms with Gasteiger partial charge in [-0.15, -0.1) is 0 Å². The molecule has 0 aliphatic carbocycles. The van der Waals surface area contributed by atoms with Crippen molar-refractivity contribution < 1.29 is 19.1 Å². The van der Waals surface area contributed by atoms with Crippen LogP contribution in [-0.2, 0) is 12.8 Å². The average molecular weight is 329 g/mol. The normalized spacial score (nSPS) is 10.6. The molecule has 0 spiro atoms. The quantitative estimate of drug-likeness (QED) is 0.751. The molecule has 0 unspecified atom stereocenters. The predicted molar refractivity (Wildman–Crippen MR) is 91.4 cm³/mol. The summed E-state index contributed by atoms with van der Waals surface area (Å²) in [6.45, 7) is 2.41. The number of hydrogen-bond donors (Lipinski definition) is 1. The van der Waals surface area contributed by atoms with Crippen LogP contribution in [0.3, 0.4) is 0 Å². The van der Waals surface area contributed by atoms with Gasteiger partial charge >= 0.3 is 5.97 Å². The number of nitrogens with zero attached hydrogens (tertiary/aromatic N) is 1. The SMILES string of the molecule is CCc1oc(C(=O)N(C)CCCCc2ccccc2)cc1C(=O)O. The van der Waals surface area contributed by atoms with Crippen molar-refractivity contribution in [1.29, 1.82) is 0 Å². The zero-order valence-corrected chi connectivity index (χ0v) is 14.1. The van der Waals surface area contributed by atoms with Crippen LogP contribution in [0.4, 0.5) is 0 Å². The standard InChI is InChI=1S/C19H23NO4/c1-3-16-15(19(22)23)13-17(24-16)18(21)20(2)12-8-7-11-14-9-5-4-6-10-14/h4-6,9-10,13H,3,7-8,11-12H2,1-2H3,(H,22,23). The second-order valence-corrected chi connectivity index (χ2v) is 5.78. The summed E-state index contributed by atoms with van der Waals surface area (Å²) in [5, 5.41) is 9.13. The fourth-order valence-corrected chi connectivity index (χ4v) is 2.59. The lowest BCUT2D eigenvalue weighted by Gasteiger charge is -2.15. The van der Waals surface area contributed by atoms with E-state index < -0.39 is 5.97 Å². The fraction of sp³-hybridized carbons (Fsp3) is 0.368. The van der Waals surface area contributed by atoms with Crippen LogP contribution in [0.15, 0.2) is 40.8 Å². The van der Waals surface area contributed by atoms with Gasteiger partial charge in [0.25, 0.3) is 5.91 Å². The molecule has 5 heteroatoms. The number of aromatic carboxylic acids is 1. The van der Waals surface area contributed by atoms with Crippen molar-refractivity contribution in [2.75, 3.05) is 13.6 Å². The topological polar surface area (TPSA) is 70.8 Å². The second-order valence-electron chi connectivity index (χ2n) is 5.78. The average Bonchev–Trinajstić information content (AvgIpc) is 3.03. The van der Waals surface area contributed by atoms with Crippen LogP contribution in [0.25, 0.3) is 0 Å². The summed E-state index contributed by atoms with van der Waals surface area (Å²) >= 11 is 0. The van der Waals surface area contributed by atoms with Crippen LogP contribution < -0.4 is 0 Å². The molecule has 0 saturated heterocycles. The molecule has 0 radical (unpaired) electrons. The van der Waals surface area contributed by atoms with Crippen molar-refractivity contribution in [2.24, 2.45) is 0 Å². The number of carbonyl (C=O) groups excluding carboxylic acids is 1. The fourth-order valence-electron chi connectivity index (χ4n) is 2.59. The third kappa shape index (κ3) is 4.47. The molecule has 2 aromatic rings. The smallest absolute Gasteiger partial charge is 0.339 e. The van der Waals surface area contributed by atoms with Gasteiger partial charge in [0.1, 0.15) is 11.3 Å². The van der Waals surface area contributed by atoms with E-state index in [1.54, 1.807) is 18.9 Å². The van der Waals surface area contributed by atoms with Crippen LogP contribution in [0, 0.1) is 0 Å². The van der Waals surface area contributed by atoms with E-state index in [-0.39, 0.29) is 17.2 Å². The molecule has 1 aromatic carbocycles. The van der Waals surface area contributed by atoms with E-state index in [1.807, 2.05) is 18.2 Å². The number of carboxylic acid groups (broad SMARTS) is 1. The molecule has 0 saturated carbocycles. The maximum absolute atomic E-state index is 12.4. The summed E-state index contributed by atoms with van der Waals surface area (Å²) in [6.07, 6.45) is 3.28. The van der Waals surface area contributed by atoms with E-state index in [4.69, 9.17) is 9.52 Å². The maximum Gasteiger partial charge on any atom is 0.339 e. The first-order chi connectivity index (χ1) is 11.5. The number of furan rings is 1. The highest BCUT2D eigenvalue weighted by Crippen LogP contribution is 2.18. The number of hydrogen-bond acceptors (Lipinski definition) is 3. The van der Waals surface area contributed by atoms with Crippen LogP contribution in [0.2, 0.25) is 0 Å². The summed E-state index contributed by atoms with van der Waals surface area (Å²) in [7, 11) is 1.71. The van der Waals surface area contributed by atoms with Gasteiger partial charge in [0.2, 0.25) is 0 Å². The Morgan fingerprint density at radius 2 is 1.88 bits per heavy atom. The summed E-state index contributed by atoms with van der Waals surface area (Å²) in [4.78, 5) is 25.1. The number of benzene rings is 1. The van der Waals surface area contributed by atoms with E-state index in [0.29, 0.717) is 18.7 Å². The van der Waals surface area contributed by atoms with Gasteiger partial charge in [0, 0.05) is 26.1 Å². The largest absolute Gasteiger partial charge is 0.478 e. The molecular formula is C19H23NO4. The lowest BCUT2D eigenvalue weighted by Crippen LogP contribution is -2.27. The van der Waals surface area contributed by atoms with E-state index in [1.165, 1.54) is 11.6 Å². The molecule has 0 aliphatic rings. The van der Waals surface area contributed by atoms with Crippen molar-refractivity contribution in [3.8, 4) is 0 Å². The van der Waals surface area contributed by atoms with Gasteiger partial charge in [-0.25, -0.2) is 4.79 Å². The Hall–Kier alpha value is -2.56. The molecule has 0 atom stereocenters. The predicted octanol–water partition coefficient (Wildman–Crippen LogP) is 3.64. The highest BCUT2D eigenvalue weighted by molar-refractivity contribution is 5.96. The van der Waals surface area contributed by atoms with Crippen LogP contribution >= 0.6 is 0 Å². The van der Waals surface area contributed by atoms with Gasteiger partial charge in [-0.05, 0) is 24.8 Å². The Balaban J connectivity index is 1.87. The summed E-state index contributed by atoms with van der Waals surface area (Å²) in [6, 6.07) is 11.6. The number of aryl methyl sites for hydroxylation is 2. The minimum Gasteiger partial charge on any atom is -0.478 e. The zero-order valence-electron chi connectivity index (χ0n) is 14.1. The van der Waals surface area contributed by atoms with Gasteiger partial charge in [-0.3, -0.25) is 4.79 Å². The van der Waals surface area contributed by atoms with E-state index in [0.717, 1.165) is 19.3 Å². The zero-order chi connectivity index (χ0) is 17.5. The molecular weight excluding hydrogens is 306 g/mol. The molecule has 0 fully saturated rings. The Kier molecular flexibility index (Phi) is 6.18. The Morgan fingerprint density at radius 3 is 2.46 bits per heavy atom. The second kappa shape index (κ2) is 8.34. The first-order valence-corrected chi connectivity index (χ1v) is 8.18. The van der Waals surface area contributed by atoms with Gasteiger partial charge in [0.15, 0.2) is 5.76 Å². The number of rotatable bonds is 8. The van der Waals surface area contributed by atoms with Crippen LogP contribution in [-0.4, -0.2) is 35.5 Å². The first kappa shape index (κ1) is 17.8. The molecule has 5 nitrogen and oxygen atoms in total. The summed E-state index contributed by atoms with van der Waals surface area (Å²) in [5.74, 6) is -0.921. The highest BCUT2D eigenvalue weighted by Gasteiger charge is 2.22. The third-order valence-corrected chi connectivity index (χ3v) is 3.97. The third-order valence-electron chi connectivity index (χ3n) is 3.97. The van der Waals surface area contributed by atoms with Crippen molar-refractivity contribution in [3.05, 3.63) is 59.0 Å². The number of carboxylic acids is 1. The van der Waals surface area contributed by atoms with Crippen molar-refractivity contribution in [3.63, 3.8) is 0 Å². The minimum absolute atomic E-state index is 0.0679. The van der Waals surface area contributed by atoms with Gasteiger partial charge < -0.3 is 14.4 Å². The lowest BCUT2D eigenvalue weighted by atomic mass is 10.1. The van der Waals surface area contributed by atoms with Gasteiger partial charge in [0.05, 0.1) is 0 Å². The Bertz CT molecular complexity index is 691. The highest BCUT2D eigenvalue weighted by atomic mass is 16.4. The molecule has 1 N–H and O–H groups in total. The lowest BCUT2D eigenvalue weighted by molar-refractivity contribution is 0.0693. The Labute approximate surface area is 141 Å². The number of amides is 1. The van der Waals surface area contributed by atoms with Crippen molar-refractivity contribution in [1.82, 2.24) is 4.90 Å². The summed E-state index contributed by atoms with van der Waals surface area (Å²) < 4.78 is 5.41. The monoisotopic (exact) mass is 329 g/mol. The molecule has 0 aliphatic heterocycles. The van der Waals surface area contributed by atoms with Gasteiger partial charge in [-0.2, -0.15) is 0 Å². The molecule has 1 aromatic heterocycles. The molecule has 0 bridgehead atoms.